The summed E-state index contributed by atoms with van der Waals surface area (Å²) in [5.41, 5.74) is 1.84. The van der Waals surface area contributed by atoms with E-state index in [1.54, 1.807) is 0 Å². The van der Waals surface area contributed by atoms with Crippen LogP contribution in [0.1, 0.15) is 92.4 Å². The Morgan fingerprint density at radius 1 is 1.07 bits per heavy atom. The first-order valence-corrected chi connectivity index (χ1v) is 12.8. The van der Waals surface area contributed by atoms with Gasteiger partial charge in [-0.3, -0.25) is 0 Å². The second-order valence-corrected chi connectivity index (χ2v) is 12.4. The van der Waals surface area contributed by atoms with Gasteiger partial charge in [0.05, 0.1) is 18.3 Å². The molecule has 0 aromatic rings. The molecule has 0 bridgehead atoms. The lowest BCUT2D eigenvalue weighted by Crippen LogP contribution is -2.52. The molecule has 0 aromatic heterocycles. The third-order valence-electron chi connectivity index (χ3n) is 10.4. The van der Waals surface area contributed by atoms with E-state index in [2.05, 4.69) is 40.7 Å². The Balaban J connectivity index is 1.56. The Kier molecular flexibility index (Phi) is 6.23. The van der Waals surface area contributed by atoms with E-state index in [0.29, 0.717) is 29.6 Å². The van der Waals surface area contributed by atoms with Crippen molar-refractivity contribution in [1.29, 1.82) is 0 Å². The van der Waals surface area contributed by atoms with Crippen molar-refractivity contribution in [3.63, 3.8) is 0 Å². The molecule has 172 valence electrons. The van der Waals surface area contributed by atoms with Crippen molar-refractivity contribution < 1.29 is 15.3 Å². The topological polar surface area (TPSA) is 60.7 Å². The molecule has 0 heterocycles. The molecule has 0 amide bonds. The molecule has 3 N–H and O–H groups in total. The minimum absolute atomic E-state index is 0.134. The third-order valence-corrected chi connectivity index (χ3v) is 10.4. The highest BCUT2D eigenvalue weighted by Crippen LogP contribution is 2.67. The SMILES string of the molecule is CC(C)CC[C@H](O)[C@@H](C)[C@H]1C[C@@H](O)[C@H]2[C@@H]3CC=C4C[C@@H](O)CC[C@]4(C)[C@H]3CC[C@@]21C. The van der Waals surface area contributed by atoms with Gasteiger partial charge in [-0.1, -0.05) is 46.3 Å². The van der Waals surface area contributed by atoms with Gasteiger partial charge < -0.3 is 15.3 Å². The number of allylic oxidation sites excluding steroid dienone is 1. The molecule has 4 rings (SSSR count). The summed E-state index contributed by atoms with van der Waals surface area (Å²) in [5, 5.41) is 32.5. The molecule has 0 aliphatic heterocycles. The smallest absolute Gasteiger partial charge is 0.0579 e. The van der Waals surface area contributed by atoms with Gasteiger partial charge in [-0.15, -0.1) is 0 Å². The first-order valence-electron chi connectivity index (χ1n) is 12.8. The van der Waals surface area contributed by atoms with Crippen LogP contribution in [0.15, 0.2) is 11.6 Å². The van der Waals surface area contributed by atoms with Gasteiger partial charge in [0, 0.05) is 0 Å². The van der Waals surface area contributed by atoms with Crippen LogP contribution in [0.2, 0.25) is 0 Å². The summed E-state index contributed by atoms with van der Waals surface area (Å²) in [4.78, 5) is 0. The lowest BCUT2D eigenvalue weighted by Gasteiger charge is -2.58. The predicted octanol–water partition coefficient (Wildman–Crippen LogP) is 5.33. The molecule has 30 heavy (non-hydrogen) atoms. The van der Waals surface area contributed by atoms with E-state index >= 15 is 0 Å². The van der Waals surface area contributed by atoms with Gasteiger partial charge in [-0.2, -0.15) is 0 Å². The molecule has 3 heteroatoms. The van der Waals surface area contributed by atoms with Crippen molar-refractivity contribution >= 4 is 0 Å². The van der Waals surface area contributed by atoms with E-state index in [-0.39, 0.29) is 35.1 Å². The lowest BCUT2D eigenvalue weighted by molar-refractivity contribution is -0.0876. The second-order valence-electron chi connectivity index (χ2n) is 12.4. The highest BCUT2D eigenvalue weighted by atomic mass is 16.3. The van der Waals surface area contributed by atoms with E-state index in [1.807, 2.05) is 0 Å². The van der Waals surface area contributed by atoms with E-state index in [1.165, 1.54) is 18.4 Å². The predicted molar refractivity (Wildman–Crippen MR) is 122 cm³/mol. The van der Waals surface area contributed by atoms with Crippen molar-refractivity contribution in [1.82, 2.24) is 0 Å². The Morgan fingerprint density at radius 3 is 2.50 bits per heavy atom. The Morgan fingerprint density at radius 2 is 1.80 bits per heavy atom. The van der Waals surface area contributed by atoms with Crippen LogP contribution < -0.4 is 0 Å². The van der Waals surface area contributed by atoms with Crippen molar-refractivity contribution in [3.8, 4) is 0 Å². The number of hydrogen-bond donors (Lipinski definition) is 3. The minimum atomic E-state index is -0.256. The molecule has 3 nitrogen and oxygen atoms in total. The molecular formula is C27H46O3. The zero-order valence-corrected chi connectivity index (χ0v) is 20.0. The molecule has 3 fully saturated rings. The Hall–Kier alpha value is -0.380. The maximum atomic E-state index is 11.3. The summed E-state index contributed by atoms with van der Waals surface area (Å²) in [6.07, 6.45) is 10.9. The summed E-state index contributed by atoms with van der Waals surface area (Å²) in [7, 11) is 0. The van der Waals surface area contributed by atoms with Crippen LogP contribution in [0.3, 0.4) is 0 Å². The number of aliphatic hydroxyl groups is 3. The molecule has 0 radical (unpaired) electrons. The molecule has 10 atom stereocenters. The maximum Gasteiger partial charge on any atom is 0.0579 e. The highest BCUT2D eigenvalue weighted by molar-refractivity contribution is 5.26. The lowest BCUT2D eigenvalue weighted by atomic mass is 9.46. The fraction of sp³-hybridized carbons (Fsp3) is 0.926. The van der Waals surface area contributed by atoms with Crippen LogP contribution in [-0.2, 0) is 0 Å². The largest absolute Gasteiger partial charge is 0.393 e. The fourth-order valence-electron chi connectivity index (χ4n) is 8.61. The van der Waals surface area contributed by atoms with Crippen LogP contribution in [0.4, 0.5) is 0 Å². The van der Waals surface area contributed by atoms with E-state index < -0.39 is 0 Å². The number of fused-ring (bicyclic) bond motifs is 5. The van der Waals surface area contributed by atoms with Gasteiger partial charge in [0.15, 0.2) is 0 Å². The highest BCUT2D eigenvalue weighted by Gasteiger charge is 2.62. The van der Waals surface area contributed by atoms with Gasteiger partial charge in [0.2, 0.25) is 0 Å². The Bertz CT molecular complexity index is 656. The number of aliphatic hydroxyl groups excluding tert-OH is 3. The first-order chi connectivity index (χ1) is 14.1. The second kappa shape index (κ2) is 8.19. The van der Waals surface area contributed by atoms with Crippen LogP contribution in [-0.4, -0.2) is 33.6 Å². The van der Waals surface area contributed by atoms with Crippen LogP contribution in [0, 0.1) is 46.3 Å². The number of hydrogen-bond acceptors (Lipinski definition) is 3. The molecule has 0 saturated heterocycles. The van der Waals surface area contributed by atoms with Crippen molar-refractivity contribution in [3.05, 3.63) is 11.6 Å². The quantitative estimate of drug-likeness (QED) is 0.529. The summed E-state index contributed by atoms with van der Waals surface area (Å²) < 4.78 is 0. The zero-order valence-electron chi connectivity index (χ0n) is 20.0. The maximum absolute atomic E-state index is 11.3. The minimum Gasteiger partial charge on any atom is -0.393 e. The van der Waals surface area contributed by atoms with Gasteiger partial charge in [0.25, 0.3) is 0 Å². The zero-order chi connectivity index (χ0) is 21.8. The van der Waals surface area contributed by atoms with Crippen LogP contribution in [0.25, 0.3) is 0 Å². The molecule has 0 spiro atoms. The average Bonchev–Trinajstić information content (AvgIpc) is 2.96. The van der Waals surface area contributed by atoms with Crippen LogP contribution >= 0.6 is 0 Å². The molecule has 3 saturated carbocycles. The molecular weight excluding hydrogens is 372 g/mol. The van der Waals surface area contributed by atoms with E-state index in [4.69, 9.17) is 0 Å². The normalized spacial score (nSPS) is 47.8. The van der Waals surface area contributed by atoms with Gasteiger partial charge in [0.1, 0.15) is 0 Å². The van der Waals surface area contributed by atoms with Gasteiger partial charge in [-0.25, -0.2) is 0 Å². The van der Waals surface area contributed by atoms with Crippen molar-refractivity contribution in [2.75, 3.05) is 0 Å². The van der Waals surface area contributed by atoms with Crippen LogP contribution in [0.5, 0.6) is 0 Å². The Labute approximate surface area is 184 Å². The average molecular weight is 419 g/mol. The molecule has 4 aliphatic rings. The molecule has 4 aliphatic carbocycles. The van der Waals surface area contributed by atoms with Crippen molar-refractivity contribution in [2.24, 2.45) is 46.3 Å². The first kappa shape index (κ1) is 22.8. The standard InChI is InChI=1S/C27H46O3/c1-16(2)6-9-23(29)17(3)22-15-24(30)25-20-8-7-18-14-19(28)10-12-26(18,4)21(20)11-13-27(22,25)5/h7,16-17,19-25,28-30H,6,8-15H2,1-5H3/t17-,19-,20+,21-,22+,23-,24+,25+,26-,27+/m0/s1. The van der Waals surface area contributed by atoms with Gasteiger partial charge >= 0.3 is 0 Å². The molecule has 0 unspecified atom stereocenters. The third kappa shape index (κ3) is 3.61. The fourth-order valence-corrected chi connectivity index (χ4v) is 8.61. The summed E-state index contributed by atoms with van der Waals surface area (Å²) in [5.74, 6) is 2.82. The summed E-state index contributed by atoms with van der Waals surface area (Å²) in [6, 6.07) is 0. The summed E-state index contributed by atoms with van der Waals surface area (Å²) in [6.45, 7) is 11.6. The summed E-state index contributed by atoms with van der Waals surface area (Å²) >= 11 is 0. The van der Waals surface area contributed by atoms with E-state index in [0.717, 1.165) is 44.9 Å². The monoisotopic (exact) mass is 418 g/mol. The van der Waals surface area contributed by atoms with Crippen molar-refractivity contribution in [2.45, 2.75) is 111 Å². The number of rotatable bonds is 5. The molecule has 0 aromatic carbocycles. The van der Waals surface area contributed by atoms with E-state index in [9.17, 15) is 15.3 Å². The van der Waals surface area contributed by atoms with Gasteiger partial charge in [-0.05, 0) is 104 Å².